The van der Waals surface area contributed by atoms with Crippen LogP contribution in [0.1, 0.15) is 20.2 Å². The van der Waals surface area contributed by atoms with Gasteiger partial charge in [0.15, 0.2) is 11.3 Å². The molecule has 0 saturated heterocycles. The number of anilines is 1. The fourth-order valence-electron chi connectivity index (χ4n) is 2.56. The number of methoxy groups -OCH3 is 1. The van der Waals surface area contributed by atoms with Gasteiger partial charge in [0.05, 0.1) is 16.6 Å². The van der Waals surface area contributed by atoms with Crippen molar-refractivity contribution < 1.29 is 14.3 Å². The number of benzene rings is 1. The summed E-state index contributed by atoms with van der Waals surface area (Å²) in [6.45, 7) is 0. The molecule has 0 fully saturated rings. The van der Waals surface area contributed by atoms with Crippen molar-refractivity contribution in [3.63, 3.8) is 0 Å². The van der Waals surface area contributed by atoms with Crippen LogP contribution in [-0.2, 0) is 4.74 Å². The van der Waals surface area contributed by atoms with Crippen LogP contribution >= 0.6 is 38.9 Å². The molecule has 3 heterocycles. The van der Waals surface area contributed by atoms with Gasteiger partial charge >= 0.3 is 5.97 Å². The summed E-state index contributed by atoms with van der Waals surface area (Å²) in [6.07, 6.45) is 3.33. The number of rotatable bonds is 3. The molecule has 0 aliphatic rings. The van der Waals surface area contributed by atoms with E-state index in [9.17, 15) is 9.59 Å². The van der Waals surface area contributed by atoms with E-state index in [4.69, 9.17) is 16.3 Å². The minimum atomic E-state index is -0.493. The number of carbonyl (C=O) groups excluding carboxylic acids is 2. The lowest BCUT2D eigenvalue weighted by molar-refractivity contribution is 0.0606. The van der Waals surface area contributed by atoms with E-state index >= 15 is 0 Å². The van der Waals surface area contributed by atoms with Gasteiger partial charge in [0, 0.05) is 28.2 Å². The third-order valence-electron chi connectivity index (χ3n) is 3.81. The first kappa shape index (κ1) is 17.9. The number of carbonyl (C=O) groups is 2. The minimum absolute atomic E-state index is 0.216. The SMILES string of the molecule is COC(=O)c1sc2cc(NC(=O)c3nn4cccnc4c3Br)ccc2c1Cl. The Morgan fingerprint density at radius 3 is 2.93 bits per heavy atom. The summed E-state index contributed by atoms with van der Waals surface area (Å²) >= 11 is 10.8. The van der Waals surface area contributed by atoms with Crippen molar-refractivity contribution in [2.45, 2.75) is 0 Å². The molecular weight excluding hydrogens is 456 g/mol. The van der Waals surface area contributed by atoms with Crippen molar-refractivity contribution in [2.24, 2.45) is 0 Å². The Morgan fingerprint density at radius 1 is 1.37 bits per heavy atom. The van der Waals surface area contributed by atoms with Gasteiger partial charge in [-0.2, -0.15) is 5.10 Å². The second-order valence-electron chi connectivity index (χ2n) is 5.45. The van der Waals surface area contributed by atoms with E-state index in [-0.39, 0.29) is 11.6 Å². The van der Waals surface area contributed by atoms with E-state index in [2.05, 4.69) is 31.3 Å². The first-order chi connectivity index (χ1) is 13.0. The lowest BCUT2D eigenvalue weighted by Gasteiger charge is -2.03. The molecule has 3 aromatic heterocycles. The van der Waals surface area contributed by atoms with Crippen LogP contribution < -0.4 is 5.32 Å². The molecule has 0 radical (unpaired) electrons. The average Bonchev–Trinajstić information content (AvgIpc) is 3.19. The summed E-state index contributed by atoms with van der Waals surface area (Å²) < 4.78 is 7.52. The van der Waals surface area contributed by atoms with Gasteiger partial charge in [-0.25, -0.2) is 14.3 Å². The molecule has 0 saturated carbocycles. The molecule has 0 aliphatic heterocycles. The maximum atomic E-state index is 12.6. The minimum Gasteiger partial charge on any atom is -0.465 e. The predicted molar refractivity (Wildman–Crippen MR) is 107 cm³/mol. The van der Waals surface area contributed by atoms with Crippen LogP contribution in [0.15, 0.2) is 41.1 Å². The molecule has 4 rings (SSSR count). The van der Waals surface area contributed by atoms with E-state index in [1.807, 2.05) is 0 Å². The van der Waals surface area contributed by atoms with Gasteiger partial charge in [-0.3, -0.25) is 4.79 Å². The average molecular weight is 466 g/mol. The molecule has 1 aromatic carbocycles. The van der Waals surface area contributed by atoms with Crippen molar-refractivity contribution in [3.05, 3.63) is 56.7 Å². The fourth-order valence-corrected chi connectivity index (χ4v) is 4.57. The van der Waals surface area contributed by atoms with Crippen molar-refractivity contribution in [1.29, 1.82) is 0 Å². The number of hydrogen-bond acceptors (Lipinski definition) is 6. The van der Waals surface area contributed by atoms with Crippen molar-refractivity contribution in [3.8, 4) is 0 Å². The molecule has 7 nitrogen and oxygen atoms in total. The number of nitrogens with one attached hydrogen (secondary N) is 1. The van der Waals surface area contributed by atoms with Crippen molar-refractivity contribution in [2.75, 3.05) is 12.4 Å². The van der Waals surface area contributed by atoms with Crippen LogP contribution in [0, 0.1) is 0 Å². The van der Waals surface area contributed by atoms with Crippen molar-refractivity contribution in [1.82, 2.24) is 14.6 Å². The standard InChI is InChI=1S/C17H10BrClN4O3S/c1-26-17(25)14-12(19)9-4-3-8(7-10(9)27-14)21-16(24)13-11(18)15-20-5-2-6-23(15)22-13/h2-7H,1H3,(H,21,24). The molecule has 136 valence electrons. The van der Waals surface area contributed by atoms with E-state index in [1.165, 1.54) is 23.0 Å². The zero-order chi connectivity index (χ0) is 19.1. The Balaban J connectivity index is 1.67. The highest BCUT2D eigenvalue weighted by molar-refractivity contribution is 9.10. The Morgan fingerprint density at radius 2 is 2.19 bits per heavy atom. The largest absolute Gasteiger partial charge is 0.465 e. The van der Waals surface area contributed by atoms with E-state index in [0.29, 0.717) is 25.7 Å². The molecule has 0 bridgehead atoms. The molecule has 27 heavy (non-hydrogen) atoms. The highest BCUT2D eigenvalue weighted by Gasteiger charge is 2.20. The summed E-state index contributed by atoms with van der Waals surface area (Å²) in [5.41, 5.74) is 1.32. The van der Waals surface area contributed by atoms with Crippen molar-refractivity contribution >= 4 is 72.2 Å². The highest BCUT2D eigenvalue weighted by Crippen LogP contribution is 2.37. The summed E-state index contributed by atoms with van der Waals surface area (Å²) in [4.78, 5) is 28.9. The lowest BCUT2D eigenvalue weighted by Crippen LogP contribution is -2.13. The molecule has 0 atom stereocenters. The fraction of sp³-hybridized carbons (Fsp3) is 0.0588. The Bertz CT molecular complexity index is 1220. The number of ether oxygens (including phenoxy) is 1. The normalized spacial score (nSPS) is 11.1. The van der Waals surface area contributed by atoms with Crippen LogP contribution in [0.3, 0.4) is 0 Å². The second-order valence-corrected chi connectivity index (χ2v) is 7.68. The number of aromatic nitrogens is 3. The first-order valence-electron chi connectivity index (χ1n) is 7.60. The van der Waals surface area contributed by atoms with Gasteiger partial charge in [-0.05, 0) is 40.2 Å². The van der Waals surface area contributed by atoms with Gasteiger partial charge in [-0.15, -0.1) is 11.3 Å². The zero-order valence-corrected chi connectivity index (χ0v) is 16.9. The van der Waals surface area contributed by atoms with Gasteiger partial charge in [-0.1, -0.05) is 11.6 Å². The molecule has 0 spiro atoms. The van der Waals surface area contributed by atoms with Gasteiger partial charge in [0.1, 0.15) is 4.88 Å². The van der Waals surface area contributed by atoms with Crippen LogP contribution in [0.2, 0.25) is 5.02 Å². The van der Waals surface area contributed by atoms with Gasteiger partial charge in [0.2, 0.25) is 0 Å². The summed E-state index contributed by atoms with van der Waals surface area (Å²) in [7, 11) is 1.30. The van der Waals surface area contributed by atoms with Crippen LogP contribution in [0.25, 0.3) is 15.7 Å². The maximum absolute atomic E-state index is 12.6. The van der Waals surface area contributed by atoms with E-state index < -0.39 is 5.97 Å². The first-order valence-corrected chi connectivity index (χ1v) is 9.59. The molecule has 4 aromatic rings. The van der Waals surface area contributed by atoms with Crippen LogP contribution in [0.5, 0.6) is 0 Å². The molecular formula is C17H10BrClN4O3S. The van der Waals surface area contributed by atoms with Gasteiger partial charge in [0.25, 0.3) is 5.91 Å². The molecule has 10 heteroatoms. The number of fused-ring (bicyclic) bond motifs is 2. The maximum Gasteiger partial charge on any atom is 0.349 e. The number of esters is 1. The Labute approximate surface area is 170 Å². The Hall–Kier alpha value is -2.49. The monoisotopic (exact) mass is 464 g/mol. The third kappa shape index (κ3) is 3.07. The Kier molecular flexibility index (Phi) is 4.58. The number of nitrogens with zero attached hydrogens (tertiary/aromatic N) is 3. The lowest BCUT2D eigenvalue weighted by atomic mass is 10.2. The summed E-state index contributed by atoms with van der Waals surface area (Å²) in [5, 5.41) is 8.10. The topological polar surface area (TPSA) is 85.6 Å². The van der Waals surface area contributed by atoms with Crippen LogP contribution in [-0.4, -0.2) is 33.6 Å². The third-order valence-corrected chi connectivity index (χ3v) is 6.18. The van der Waals surface area contributed by atoms with Crippen LogP contribution in [0.4, 0.5) is 5.69 Å². The quantitative estimate of drug-likeness (QED) is 0.453. The van der Waals surface area contributed by atoms with Gasteiger partial charge < -0.3 is 10.1 Å². The number of amides is 1. The highest BCUT2D eigenvalue weighted by atomic mass is 79.9. The number of thiophene rings is 1. The number of halogens is 2. The predicted octanol–water partition coefficient (Wildman–Crippen LogP) is 4.40. The smallest absolute Gasteiger partial charge is 0.349 e. The summed E-state index contributed by atoms with van der Waals surface area (Å²) in [6, 6.07) is 6.93. The molecule has 0 unspecified atom stereocenters. The molecule has 0 aliphatic carbocycles. The summed E-state index contributed by atoms with van der Waals surface area (Å²) in [5.74, 6) is -0.879. The second kappa shape index (κ2) is 6.91. The molecule has 1 amide bonds. The van der Waals surface area contributed by atoms with E-state index in [0.717, 1.165) is 10.1 Å². The van der Waals surface area contributed by atoms with E-state index in [1.54, 1.807) is 36.7 Å². The zero-order valence-electron chi connectivity index (χ0n) is 13.7. The molecule has 1 N–H and O–H groups in total. The number of hydrogen-bond donors (Lipinski definition) is 1.